The minimum atomic E-state index is -0.461. The Bertz CT molecular complexity index is 377. The van der Waals surface area contributed by atoms with E-state index in [1.807, 2.05) is 11.8 Å². The normalized spacial score (nSPS) is 19.7. The van der Waals surface area contributed by atoms with Gasteiger partial charge in [0.1, 0.15) is 5.82 Å². The summed E-state index contributed by atoms with van der Waals surface area (Å²) in [5, 5.41) is 11.1. The van der Waals surface area contributed by atoms with Gasteiger partial charge in [-0.25, -0.2) is 4.79 Å². The van der Waals surface area contributed by atoms with E-state index in [1.165, 1.54) is 19.3 Å². The van der Waals surface area contributed by atoms with Gasteiger partial charge in [-0.2, -0.15) is 11.8 Å². The summed E-state index contributed by atoms with van der Waals surface area (Å²) in [5.74, 6) is 2.59. The molecule has 1 fully saturated rings. The largest absolute Gasteiger partial charge is 0.464 e. The van der Waals surface area contributed by atoms with Crippen molar-refractivity contribution in [1.82, 2.24) is 10.2 Å². The van der Waals surface area contributed by atoms with Gasteiger partial charge in [0.05, 0.1) is 7.11 Å². The van der Waals surface area contributed by atoms with E-state index in [9.17, 15) is 4.79 Å². The number of carbonyl (C=O) groups is 1. The molecule has 2 heterocycles. The maximum Gasteiger partial charge on any atom is 0.358 e. The molecule has 1 aromatic rings. The molecule has 17 heavy (non-hydrogen) atoms. The number of ether oxygens (including phenoxy) is 1. The molecule has 1 unspecified atom stereocenters. The molecule has 5 nitrogen and oxygen atoms in total. The summed E-state index contributed by atoms with van der Waals surface area (Å²) >= 11 is 1.95. The highest BCUT2D eigenvalue weighted by molar-refractivity contribution is 7.99. The number of thioether (sulfide) groups is 1. The Hall–Kier alpha value is -1.30. The van der Waals surface area contributed by atoms with Crippen molar-refractivity contribution < 1.29 is 9.53 Å². The summed E-state index contributed by atoms with van der Waals surface area (Å²) in [6.07, 6.45) is 2.39. The lowest BCUT2D eigenvalue weighted by molar-refractivity contribution is 0.0593. The molecule has 1 aromatic heterocycles. The zero-order valence-electron chi connectivity index (χ0n) is 9.68. The molecule has 0 saturated carbocycles. The number of nitrogens with zero attached hydrogens (tertiary/aromatic N) is 2. The molecule has 0 spiro atoms. The van der Waals surface area contributed by atoms with Crippen LogP contribution in [-0.4, -0.2) is 40.8 Å². The SMILES string of the molecule is COC(=O)c1ccc(NC2CCCSC2)nn1. The molecule has 1 N–H and O–H groups in total. The zero-order valence-corrected chi connectivity index (χ0v) is 10.5. The second-order valence-corrected chi connectivity index (χ2v) is 5.00. The van der Waals surface area contributed by atoms with E-state index in [0.717, 1.165) is 12.2 Å². The first-order valence-corrected chi connectivity index (χ1v) is 6.71. The molecular weight excluding hydrogens is 238 g/mol. The highest BCUT2D eigenvalue weighted by Gasteiger charge is 2.14. The molecule has 1 atom stereocenters. The molecule has 0 radical (unpaired) electrons. The highest BCUT2D eigenvalue weighted by Crippen LogP contribution is 2.19. The van der Waals surface area contributed by atoms with Crippen LogP contribution in [0.5, 0.6) is 0 Å². The lowest BCUT2D eigenvalue weighted by Crippen LogP contribution is -2.26. The number of carbonyl (C=O) groups excluding carboxylic acids is 1. The van der Waals surface area contributed by atoms with Crippen molar-refractivity contribution in [2.45, 2.75) is 18.9 Å². The lowest BCUT2D eigenvalue weighted by Gasteiger charge is -2.22. The topological polar surface area (TPSA) is 64.1 Å². The third-order valence-electron chi connectivity index (χ3n) is 2.57. The quantitative estimate of drug-likeness (QED) is 0.825. The van der Waals surface area contributed by atoms with Crippen molar-refractivity contribution >= 4 is 23.5 Å². The number of anilines is 1. The molecule has 0 aromatic carbocycles. The third kappa shape index (κ3) is 3.33. The minimum Gasteiger partial charge on any atom is -0.464 e. The van der Waals surface area contributed by atoms with Crippen molar-refractivity contribution in [3.05, 3.63) is 17.8 Å². The van der Waals surface area contributed by atoms with Crippen molar-refractivity contribution in [1.29, 1.82) is 0 Å². The number of methoxy groups -OCH3 is 1. The first kappa shape index (κ1) is 12.2. The van der Waals surface area contributed by atoms with Crippen LogP contribution in [0, 0.1) is 0 Å². The van der Waals surface area contributed by atoms with Gasteiger partial charge >= 0.3 is 5.97 Å². The van der Waals surface area contributed by atoms with Crippen molar-refractivity contribution in [2.75, 3.05) is 23.9 Å². The van der Waals surface area contributed by atoms with E-state index in [-0.39, 0.29) is 5.69 Å². The third-order valence-corrected chi connectivity index (χ3v) is 3.79. The fraction of sp³-hybridized carbons (Fsp3) is 0.545. The van der Waals surface area contributed by atoms with Gasteiger partial charge in [-0.05, 0) is 30.7 Å². The predicted octanol–water partition coefficient (Wildman–Crippen LogP) is 1.57. The Balaban J connectivity index is 1.95. The number of esters is 1. The first-order chi connectivity index (χ1) is 8.29. The number of rotatable bonds is 3. The van der Waals surface area contributed by atoms with Gasteiger partial charge < -0.3 is 10.1 Å². The zero-order chi connectivity index (χ0) is 12.1. The van der Waals surface area contributed by atoms with Crippen LogP contribution in [0.1, 0.15) is 23.3 Å². The predicted molar refractivity (Wildman–Crippen MR) is 67.3 cm³/mol. The monoisotopic (exact) mass is 253 g/mol. The van der Waals surface area contributed by atoms with Crippen LogP contribution in [0.2, 0.25) is 0 Å². The molecule has 2 rings (SSSR count). The van der Waals surface area contributed by atoms with Crippen molar-refractivity contribution in [2.24, 2.45) is 0 Å². The van der Waals surface area contributed by atoms with Gasteiger partial charge in [-0.15, -0.1) is 10.2 Å². The molecular formula is C11H15N3O2S. The number of aromatic nitrogens is 2. The van der Waals surface area contributed by atoms with Crippen LogP contribution in [0.15, 0.2) is 12.1 Å². The number of nitrogens with one attached hydrogen (secondary N) is 1. The second-order valence-electron chi connectivity index (χ2n) is 3.85. The van der Waals surface area contributed by atoms with E-state index < -0.39 is 5.97 Å². The van der Waals surface area contributed by atoms with Gasteiger partial charge in [0, 0.05) is 11.8 Å². The highest BCUT2D eigenvalue weighted by atomic mass is 32.2. The van der Waals surface area contributed by atoms with Gasteiger partial charge in [-0.1, -0.05) is 0 Å². The standard InChI is InChI=1S/C11H15N3O2S/c1-16-11(15)9-4-5-10(14-13-9)12-8-3-2-6-17-7-8/h4-5,8H,2-3,6-7H2,1H3,(H,12,14). The average Bonchev–Trinajstić information content (AvgIpc) is 2.40. The Morgan fingerprint density at radius 3 is 3.00 bits per heavy atom. The molecule has 6 heteroatoms. The maximum atomic E-state index is 11.2. The van der Waals surface area contributed by atoms with Crippen LogP contribution in [0.3, 0.4) is 0 Å². The summed E-state index contributed by atoms with van der Waals surface area (Å²) in [7, 11) is 1.33. The van der Waals surface area contributed by atoms with E-state index in [0.29, 0.717) is 11.9 Å². The van der Waals surface area contributed by atoms with Crippen molar-refractivity contribution in [3.63, 3.8) is 0 Å². The molecule has 0 bridgehead atoms. The number of hydrogen-bond acceptors (Lipinski definition) is 6. The Morgan fingerprint density at radius 2 is 2.41 bits per heavy atom. The first-order valence-electron chi connectivity index (χ1n) is 5.56. The molecule has 1 aliphatic rings. The summed E-state index contributed by atoms with van der Waals surface area (Å²) < 4.78 is 4.56. The van der Waals surface area contributed by atoms with E-state index >= 15 is 0 Å². The Morgan fingerprint density at radius 1 is 1.53 bits per heavy atom. The van der Waals surface area contributed by atoms with Crippen molar-refractivity contribution in [3.8, 4) is 0 Å². The Kier molecular flexibility index (Phi) is 4.19. The lowest BCUT2D eigenvalue weighted by atomic mass is 10.2. The van der Waals surface area contributed by atoms with E-state index in [4.69, 9.17) is 0 Å². The maximum absolute atomic E-state index is 11.2. The molecule has 0 amide bonds. The summed E-state index contributed by atoms with van der Waals surface area (Å²) in [6.45, 7) is 0. The summed E-state index contributed by atoms with van der Waals surface area (Å²) in [5.41, 5.74) is 0.232. The van der Waals surface area contributed by atoms with Gasteiger partial charge in [0.15, 0.2) is 5.69 Å². The summed E-state index contributed by atoms with van der Waals surface area (Å²) in [6, 6.07) is 3.84. The smallest absolute Gasteiger partial charge is 0.358 e. The van der Waals surface area contributed by atoms with Gasteiger partial charge in [-0.3, -0.25) is 0 Å². The Labute approximate surface area is 104 Å². The van der Waals surface area contributed by atoms with Crippen LogP contribution >= 0.6 is 11.8 Å². The fourth-order valence-electron chi connectivity index (χ4n) is 1.69. The number of hydrogen-bond donors (Lipinski definition) is 1. The van der Waals surface area contributed by atoms with Gasteiger partial charge in [0.25, 0.3) is 0 Å². The van der Waals surface area contributed by atoms with E-state index in [1.54, 1.807) is 12.1 Å². The molecule has 0 aliphatic carbocycles. The molecule has 1 saturated heterocycles. The van der Waals surface area contributed by atoms with Crippen LogP contribution < -0.4 is 5.32 Å². The minimum absolute atomic E-state index is 0.232. The molecule has 1 aliphatic heterocycles. The molecule has 92 valence electrons. The van der Waals surface area contributed by atoms with Crippen LogP contribution in [-0.2, 0) is 4.74 Å². The summed E-state index contributed by atoms with van der Waals surface area (Å²) in [4.78, 5) is 11.2. The average molecular weight is 253 g/mol. The van der Waals surface area contributed by atoms with Gasteiger partial charge in [0.2, 0.25) is 0 Å². The van der Waals surface area contributed by atoms with Crippen LogP contribution in [0.4, 0.5) is 5.82 Å². The fourth-order valence-corrected chi connectivity index (χ4v) is 2.76. The van der Waals surface area contributed by atoms with Crippen LogP contribution in [0.25, 0.3) is 0 Å². The van der Waals surface area contributed by atoms with E-state index in [2.05, 4.69) is 20.3 Å². The second kappa shape index (κ2) is 5.86.